The van der Waals surface area contributed by atoms with Gasteiger partial charge >= 0.3 is 0 Å². The molecule has 0 unspecified atom stereocenters. The van der Waals surface area contributed by atoms with E-state index in [0.717, 1.165) is 17.0 Å². The lowest BCUT2D eigenvalue weighted by molar-refractivity contribution is 0.0950. The number of hydrogen-bond donors (Lipinski definition) is 0. The van der Waals surface area contributed by atoms with E-state index in [4.69, 9.17) is 0 Å². The number of hydrogen-bond acceptors (Lipinski definition) is 2. The standard InChI is InChI=1S/C10H14N2O/c1-7(2)5-10(13)12-9(4)6-8(3)11-12/h5-6H,1-4H3. The van der Waals surface area contributed by atoms with Crippen molar-refractivity contribution >= 4 is 5.91 Å². The molecule has 0 atom stereocenters. The number of aromatic nitrogens is 2. The van der Waals surface area contributed by atoms with Crippen LogP contribution in [-0.4, -0.2) is 15.7 Å². The molecule has 3 heteroatoms. The van der Waals surface area contributed by atoms with Crippen LogP contribution in [0.4, 0.5) is 0 Å². The van der Waals surface area contributed by atoms with Crippen molar-refractivity contribution in [3.63, 3.8) is 0 Å². The van der Waals surface area contributed by atoms with E-state index in [0.29, 0.717) is 0 Å². The van der Waals surface area contributed by atoms with Crippen LogP contribution in [0.25, 0.3) is 0 Å². The van der Waals surface area contributed by atoms with Gasteiger partial charge in [0.15, 0.2) is 0 Å². The third-order valence-corrected chi connectivity index (χ3v) is 1.63. The van der Waals surface area contributed by atoms with E-state index in [1.165, 1.54) is 4.68 Å². The average Bonchev–Trinajstić information content (AvgIpc) is 2.28. The van der Waals surface area contributed by atoms with Crippen LogP contribution in [-0.2, 0) is 0 Å². The quantitative estimate of drug-likeness (QED) is 0.617. The Hall–Kier alpha value is -1.38. The lowest BCUT2D eigenvalue weighted by atomic mass is 10.3. The molecule has 13 heavy (non-hydrogen) atoms. The molecule has 0 aliphatic carbocycles. The smallest absolute Gasteiger partial charge is 0.267 e. The SMILES string of the molecule is CC(C)=CC(=O)n1nc(C)cc1C. The molecule has 3 nitrogen and oxygen atoms in total. The van der Waals surface area contributed by atoms with Crippen LogP contribution in [0.3, 0.4) is 0 Å². The van der Waals surface area contributed by atoms with Crippen molar-refractivity contribution < 1.29 is 4.79 Å². The Morgan fingerprint density at radius 1 is 1.46 bits per heavy atom. The first kappa shape index (κ1) is 9.71. The first-order valence-corrected chi connectivity index (χ1v) is 4.23. The van der Waals surface area contributed by atoms with E-state index in [9.17, 15) is 4.79 Å². The van der Waals surface area contributed by atoms with Crippen molar-refractivity contribution in [3.05, 3.63) is 29.1 Å². The van der Waals surface area contributed by atoms with Crippen LogP contribution >= 0.6 is 0 Å². The molecule has 0 spiro atoms. The molecule has 0 bridgehead atoms. The molecule has 0 aliphatic rings. The van der Waals surface area contributed by atoms with Crippen LogP contribution in [0.2, 0.25) is 0 Å². The third-order valence-electron chi connectivity index (χ3n) is 1.63. The number of allylic oxidation sites excluding steroid dienone is 2. The van der Waals surface area contributed by atoms with Gasteiger partial charge in [0.2, 0.25) is 0 Å². The van der Waals surface area contributed by atoms with Crippen molar-refractivity contribution in [1.29, 1.82) is 0 Å². The zero-order valence-corrected chi connectivity index (χ0v) is 8.46. The average molecular weight is 178 g/mol. The van der Waals surface area contributed by atoms with E-state index in [-0.39, 0.29) is 5.91 Å². The molecule has 0 fully saturated rings. The fraction of sp³-hybridized carbons (Fsp3) is 0.400. The summed E-state index contributed by atoms with van der Waals surface area (Å²) in [7, 11) is 0. The Bertz CT molecular complexity index is 357. The second-order valence-corrected chi connectivity index (χ2v) is 3.40. The number of carbonyl (C=O) groups excluding carboxylic acids is 1. The molecule has 0 saturated heterocycles. The molecular weight excluding hydrogens is 164 g/mol. The lowest BCUT2D eigenvalue weighted by Crippen LogP contribution is -2.11. The van der Waals surface area contributed by atoms with Crippen LogP contribution < -0.4 is 0 Å². The molecule has 0 N–H and O–H groups in total. The van der Waals surface area contributed by atoms with Gasteiger partial charge in [0, 0.05) is 11.8 Å². The van der Waals surface area contributed by atoms with Crippen molar-refractivity contribution in [2.45, 2.75) is 27.7 Å². The summed E-state index contributed by atoms with van der Waals surface area (Å²) in [5.74, 6) is -0.0781. The van der Waals surface area contributed by atoms with Crippen molar-refractivity contribution in [2.24, 2.45) is 0 Å². The Labute approximate surface area is 78.1 Å². The zero-order chi connectivity index (χ0) is 10.0. The van der Waals surface area contributed by atoms with Crippen LogP contribution in [0, 0.1) is 13.8 Å². The highest BCUT2D eigenvalue weighted by atomic mass is 16.2. The summed E-state index contributed by atoms with van der Waals surface area (Å²) in [6.45, 7) is 7.53. The minimum Gasteiger partial charge on any atom is -0.267 e. The predicted octanol–water partition coefficient (Wildman–Crippen LogP) is 2.11. The molecule has 1 aromatic heterocycles. The van der Waals surface area contributed by atoms with Crippen molar-refractivity contribution in [3.8, 4) is 0 Å². The maximum Gasteiger partial charge on any atom is 0.271 e. The normalized spacial score (nSPS) is 9.85. The summed E-state index contributed by atoms with van der Waals surface area (Å²) in [4.78, 5) is 11.5. The highest BCUT2D eigenvalue weighted by Crippen LogP contribution is 2.02. The fourth-order valence-electron chi connectivity index (χ4n) is 1.16. The second kappa shape index (κ2) is 3.56. The Morgan fingerprint density at radius 3 is 2.46 bits per heavy atom. The summed E-state index contributed by atoms with van der Waals surface area (Å²) in [5, 5.41) is 4.09. The van der Waals surface area contributed by atoms with Crippen molar-refractivity contribution in [2.75, 3.05) is 0 Å². The maximum atomic E-state index is 11.5. The van der Waals surface area contributed by atoms with Gasteiger partial charge in [-0.2, -0.15) is 5.10 Å². The molecule has 1 aromatic rings. The number of rotatable bonds is 1. The number of aryl methyl sites for hydroxylation is 2. The molecule has 0 aliphatic heterocycles. The third kappa shape index (κ3) is 2.28. The Morgan fingerprint density at radius 2 is 2.08 bits per heavy atom. The van der Waals surface area contributed by atoms with Gasteiger partial charge < -0.3 is 0 Å². The summed E-state index contributed by atoms with van der Waals surface area (Å²) >= 11 is 0. The molecule has 0 amide bonds. The second-order valence-electron chi connectivity index (χ2n) is 3.40. The number of carbonyl (C=O) groups is 1. The summed E-state index contributed by atoms with van der Waals surface area (Å²) < 4.78 is 1.42. The lowest BCUT2D eigenvalue weighted by Gasteiger charge is -1.97. The summed E-state index contributed by atoms with van der Waals surface area (Å²) in [5.41, 5.74) is 2.73. The fourth-order valence-corrected chi connectivity index (χ4v) is 1.16. The van der Waals surface area contributed by atoms with Gasteiger partial charge in [0.1, 0.15) is 0 Å². The molecule has 0 saturated carbocycles. The number of nitrogens with zero attached hydrogens (tertiary/aromatic N) is 2. The minimum absolute atomic E-state index is 0.0781. The van der Waals surface area contributed by atoms with E-state index < -0.39 is 0 Å². The molecular formula is C10H14N2O. The first-order valence-electron chi connectivity index (χ1n) is 4.23. The van der Waals surface area contributed by atoms with Crippen LogP contribution in [0.1, 0.15) is 30.0 Å². The molecule has 1 rings (SSSR count). The first-order chi connectivity index (χ1) is 6.00. The highest BCUT2D eigenvalue weighted by Gasteiger charge is 2.06. The summed E-state index contributed by atoms with van der Waals surface area (Å²) in [6, 6.07) is 1.89. The van der Waals surface area contributed by atoms with Crippen molar-refractivity contribution in [1.82, 2.24) is 9.78 Å². The van der Waals surface area contributed by atoms with Gasteiger partial charge in [-0.25, -0.2) is 4.68 Å². The largest absolute Gasteiger partial charge is 0.271 e. The van der Waals surface area contributed by atoms with Gasteiger partial charge in [-0.05, 0) is 33.8 Å². The minimum atomic E-state index is -0.0781. The summed E-state index contributed by atoms with van der Waals surface area (Å²) in [6.07, 6.45) is 1.58. The molecule has 0 radical (unpaired) electrons. The van der Waals surface area contributed by atoms with E-state index in [1.807, 2.05) is 33.8 Å². The Kier molecular flexibility index (Phi) is 2.66. The van der Waals surface area contributed by atoms with E-state index in [1.54, 1.807) is 6.08 Å². The van der Waals surface area contributed by atoms with Gasteiger partial charge in [0.25, 0.3) is 5.91 Å². The Balaban J connectivity index is 3.02. The monoisotopic (exact) mass is 178 g/mol. The van der Waals surface area contributed by atoms with Gasteiger partial charge in [-0.15, -0.1) is 0 Å². The van der Waals surface area contributed by atoms with Gasteiger partial charge in [-0.3, -0.25) is 4.79 Å². The van der Waals surface area contributed by atoms with Crippen LogP contribution in [0.5, 0.6) is 0 Å². The van der Waals surface area contributed by atoms with E-state index >= 15 is 0 Å². The van der Waals surface area contributed by atoms with E-state index in [2.05, 4.69) is 5.10 Å². The zero-order valence-electron chi connectivity index (χ0n) is 8.46. The topological polar surface area (TPSA) is 34.9 Å². The van der Waals surface area contributed by atoms with Gasteiger partial charge in [-0.1, -0.05) is 5.57 Å². The maximum absolute atomic E-state index is 11.5. The molecule has 1 heterocycles. The highest BCUT2D eigenvalue weighted by molar-refractivity contribution is 5.90. The molecule has 70 valence electrons. The molecule has 0 aromatic carbocycles. The predicted molar refractivity (Wildman–Crippen MR) is 51.8 cm³/mol. The van der Waals surface area contributed by atoms with Crippen LogP contribution in [0.15, 0.2) is 17.7 Å². The van der Waals surface area contributed by atoms with Gasteiger partial charge in [0.05, 0.1) is 5.69 Å².